The van der Waals surface area contributed by atoms with E-state index in [4.69, 9.17) is 0 Å². The number of aliphatic hydroxyl groups is 1. The number of fused-ring (bicyclic) bond motifs is 1. The molecule has 2 aliphatic heterocycles. The van der Waals surface area contributed by atoms with E-state index in [0.717, 1.165) is 25.7 Å². The zero-order valence-electron chi connectivity index (χ0n) is 14.0. The number of piperazine rings is 1. The van der Waals surface area contributed by atoms with Crippen molar-refractivity contribution < 1.29 is 19.5 Å². The Morgan fingerprint density at radius 3 is 2.54 bits per heavy atom. The standard InChI is InChI=1S/C16H26N4O4/c1-9(21)13-15(23)20-8-11(7-12(20)14(22)19-13)18-16(24)17-10-5-3-2-4-6-10/h9-13,21H,2-8H2,1H3,(H,19,22)(H2,17,18,24)/t9-,11-,12-,13+/m0/s1. The van der Waals surface area contributed by atoms with Crippen molar-refractivity contribution in [2.24, 2.45) is 0 Å². The first kappa shape index (κ1) is 17.0. The maximum Gasteiger partial charge on any atom is 0.315 e. The summed E-state index contributed by atoms with van der Waals surface area (Å²) < 4.78 is 0. The predicted octanol–water partition coefficient (Wildman–Crippen LogP) is -0.533. The van der Waals surface area contributed by atoms with Gasteiger partial charge in [-0.05, 0) is 26.2 Å². The van der Waals surface area contributed by atoms with E-state index < -0.39 is 18.2 Å². The van der Waals surface area contributed by atoms with Gasteiger partial charge in [-0.25, -0.2) is 4.79 Å². The summed E-state index contributed by atoms with van der Waals surface area (Å²) in [4.78, 5) is 38.1. The average molecular weight is 338 g/mol. The number of aliphatic hydroxyl groups excluding tert-OH is 1. The minimum absolute atomic E-state index is 0.215. The van der Waals surface area contributed by atoms with E-state index in [1.165, 1.54) is 18.2 Å². The van der Waals surface area contributed by atoms with Crippen LogP contribution in [0.1, 0.15) is 45.4 Å². The Balaban J connectivity index is 1.55. The Kier molecular flexibility index (Phi) is 4.93. The molecule has 0 aromatic heterocycles. The Morgan fingerprint density at radius 2 is 1.88 bits per heavy atom. The Morgan fingerprint density at radius 1 is 1.21 bits per heavy atom. The van der Waals surface area contributed by atoms with Crippen molar-refractivity contribution in [1.29, 1.82) is 0 Å². The largest absolute Gasteiger partial charge is 0.391 e. The zero-order valence-corrected chi connectivity index (χ0v) is 14.0. The van der Waals surface area contributed by atoms with Gasteiger partial charge in [0, 0.05) is 12.6 Å². The van der Waals surface area contributed by atoms with Gasteiger partial charge in [-0.15, -0.1) is 0 Å². The molecule has 1 aliphatic carbocycles. The van der Waals surface area contributed by atoms with Gasteiger partial charge >= 0.3 is 6.03 Å². The molecule has 0 bridgehead atoms. The van der Waals surface area contributed by atoms with Gasteiger partial charge in [0.05, 0.1) is 12.1 Å². The molecule has 0 spiro atoms. The van der Waals surface area contributed by atoms with Crippen LogP contribution in [-0.4, -0.2) is 64.7 Å². The summed E-state index contributed by atoms with van der Waals surface area (Å²) in [5.41, 5.74) is 0. The van der Waals surface area contributed by atoms with E-state index in [1.807, 2.05) is 0 Å². The second-order valence-corrected chi connectivity index (χ2v) is 7.12. The number of urea groups is 1. The van der Waals surface area contributed by atoms with Gasteiger partial charge in [-0.1, -0.05) is 19.3 Å². The van der Waals surface area contributed by atoms with Gasteiger partial charge < -0.3 is 26.0 Å². The lowest BCUT2D eigenvalue weighted by Gasteiger charge is -2.35. The number of amides is 4. The van der Waals surface area contributed by atoms with Crippen LogP contribution in [0.3, 0.4) is 0 Å². The first-order chi connectivity index (χ1) is 11.5. The van der Waals surface area contributed by atoms with Gasteiger partial charge in [0.25, 0.3) is 0 Å². The highest BCUT2D eigenvalue weighted by molar-refractivity contribution is 5.98. The molecule has 3 rings (SSSR count). The summed E-state index contributed by atoms with van der Waals surface area (Å²) in [6.07, 6.45) is 4.97. The van der Waals surface area contributed by atoms with Crippen molar-refractivity contribution in [3.8, 4) is 0 Å². The van der Waals surface area contributed by atoms with Crippen LogP contribution < -0.4 is 16.0 Å². The Hall–Kier alpha value is -1.83. The summed E-state index contributed by atoms with van der Waals surface area (Å²) in [5, 5.41) is 18.1. The summed E-state index contributed by atoms with van der Waals surface area (Å²) in [5.74, 6) is -0.552. The minimum Gasteiger partial charge on any atom is -0.391 e. The SMILES string of the molecule is C[C@H](O)[C@H]1NC(=O)[C@@H]2C[C@H](NC(=O)NC3CCCCC3)CN2C1=O. The summed E-state index contributed by atoms with van der Waals surface area (Å²) in [6, 6.07) is -1.73. The van der Waals surface area contributed by atoms with Gasteiger partial charge in [0.2, 0.25) is 11.8 Å². The van der Waals surface area contributed by atoms with Crippen molar-refractivity contribution >= 4 is 17.8 Å². The van der Waals surface area contributed by atoms with Crippen molar-refractivity contribution in [2.45, 2.75) is 75.7 Å². The monoisotopic (exact) mass is 338 g/mol. The van der Waals surface area contributed by atoms with Crippen molar-refractivity contribution in [1.82, 2.24) is 20.9 Å². The van der Waals surface area contributed by atoms with E-state index in [0.29, 0.717) is 13.0 Å². The third kappa shape index (κ3) is 3.48. The van der Waals surface area contributed by atoms with Crippen molar-refractivity contribution in [3.05, 3.63) is 0 Å². The molecule has 8 nitrogen and oxygen atoms in total. The van der Waals surface area contributed by atoms with Gasteiger partial charge in [-0.3, -0.25) is 9.59 Å². The Bertz CT molecular complexity index is 518. The van der Waals surface area contributed by atoms with E-state index in [-0.39, 0.29) is 29.9 Å². The van der Waals surface area contributed by atoms with E-state index in [2.05, 4.69) is 16.0 Å². The molecular weight excluding hydrogens is 312 g/mol. The van der Waals surface area contributed by atoms with Gasteiger partial charge in [-0.2, -0.15) is 0 Å². The van der Waals surface area contributed by atoms with Gasteiger partial charge in [0.15, 0.2) is 0 Å². The topological polar surface area (TPSA) is 111 Å². The maximum atomic E-state index is 12.4. The van der Waals surface area contributed by atoms with Crippen LogP contribution in [0.5, 0.6) is 0 Å². The molecule has 2 saturated heterocycles. The molecule has 3 aliphatic rings. The first-order valence-corrected chi connectivity index (χ1v) is 8.81. The second-order valence-electron chi connectivity index (χ2n) is 7.12. The number of rotatable bonds is 3. The zero-order chi connectivity index (χ0) is 17.3. The molecule has 1 saturated carbocycles. The van der Waals surface area contributed by atoms with Crippen molar-refractivity contribution in [3.63, 3.8) is 0 Å². The number of nitrogens with zero attached hydrogens (tertiary/aromatic N) is 1. The van der Waals surface area contributed by atoms with Crippen LogP contribution in [0.15, 0.2) is 0 Å². The normalized spacial score (nSPS) is 32.1. The molecule has 4 N–H and O–H groups in total. The number of nitrogens with one attached hydrogen (secondary N) is 3. The Labute approximate surface area is 141 Å². The van der Waals surface area contributed by atoms with E-state index in [1.54, 1.807) is 0 Å². The first-order valence-electron chi connectivity index (χ1n) is 8.81. The van der Waals surface area contributed by atoms with Crippen LogP contribution in [0.25, 0.3) is 0 Å². The third-order valence-corrected chi connectivity index (χ3v) is 5.21. The summed E-state index contributed by atoms with van der Waals surface area (Å²) in [6.45, 7) is 1.78. The average Bonchev–Trinajstić information content (AvgIpc) is 2.96. The predicted molar refractivity (Wildman–Crippen MR) is 86.1 cm³/mol. The summed E-state index contributed by atoms with van der Waals surface area (Å²) in [7, 11) is 0. The molecular formula is C16H26N4O4. The lowest BCUT2D eigenvalue weighted by Crippen LogP contribution is -2.64. The van der Waals surface area contributed by atoms with E-state index in [9.17, 15) is 19.5 Å². The summed E-state index contributed by atoms with van der Waals surface area (Å²) >= 11 is 0. The number of hydrogen-bond acceptors (Lipinski definition) is 4. The lowest BCUT2D eigenvalue weighted by molar-refractivity contribution is -0.149. The van der Waals surface area contributed by atoms with Crippen LogP contribution >= 0.6 is 0 Å². The highest BCUT2D eigenvalue weighted by atomic mass is 16.3. The number of carbonyl (C=O) groups excluding carboxylic acids is 3. The number of hydrogen-bond donors (Lipinski definition) is 4. The lowest BCUT2D eigenvalue weighted by atomic mass is 9.96. The fourth-order valence-corrected chi connectivity index (χ4v) is 3.91. The molecule has 134 valence electrons. The fourth-order valence-electron chi connectivity index (χ4n) is 3.91. The van der Waals surface area contributed by atoms with E-state index >= 15 is 0 Å². The highest BCUT2D eigenvalue weighted by Crippen LogP contribution is 2.24. The molecule has 3 fully saturated rings. The molecule has 0 unspecified atom stereocenters. The van der Waals surface area contributed by atoms with Crippen LogP contribution in [0, 0.1) is 0 Å². The molecule has 0 aromatic carbocycles. The van der Waals surface area contributed by atoms with Crippen LogP contribution in [-0.2, 0) is 9.59 Å². The molecule has 2 heterocycles. The molecule has 4 amide bonds. The third-order valence-electron chi connectivity index (χ3n) is 5.21. The van der Waals surface area contributed by atoms with Crippen molar-refractivity contribution in [2.75, 3.05) is 6.54 Å². The van der Waals surface area contributed by atoms with Crippen LogP contribution in [0.2, 0.25) is 0 Å². The quantitative estimate of drug-likeness (QED) is 0.554. The van der Waals surface area contributed by atoms with Gasteiger partial charge in [0.1, 0.15) is 12.1 Å². The minimum atomic E-state index is -0.941. The maximum absolute atomic E-state index is 12.4. The second kappa shape index (κ2) is 6.96. The molecule has 24 heavy (non-hydrogen) atoms. The molecule has 0 aromatic rings. The highest BCUT2D eigenvalue weighted by Gasteiger charge is 2.47. The number of carbonyl (C=O) groups is 3. The van der Waals surface area contributed by atoms with Crippen LogP contribution in [0.4, 0.5) is 4.79 Å². The molecule has 4 atom stereocenters. The molecule has 8 heteroatoms. The molecule has 0 radical (unpaired) electrons. The fraction of sp³-hybridized carbons (Fsp3) is 0.812. The smallest absolute Gasteiger partial charge is 0.315 e.